The molecule has 3 aromatic carbocycles. The van der Waals surface area contributed by atoms with E-state index in [-0.39, 0.29) is 0 Å². The van der Waals surface area contributed by atoms with E-state index in [9.17, 15) is 9.59 Å². The second kappa shape index (κ2) is 8.16. The number of rotatable bonds is 5. The molecular formula is C22H16ClN3O3. The summed E-state index contributed by atoms with van der Waals surface area (Å²) >= 11 is 6.29. The number of benzene rings is 3. The highest BCUT2D eigenvalue weighted by atomic mass is 35.5. The number of aromatic nitrogens is 2. The Morgan fingerprint density at radius 2 is 1.76 bits per heavy atom. The van der Waals surface area contributed by atoms with Crippen LogP contribution in [0.25, 0.3) is 10.9 Å². The lowest BCUT2D eigenvalue weighted by Crippen LogP contribution is -2.32. The van der Waals surface area contributed by atoms with Crippen molar-refractivity contribution in [3.8, 4) is 5.75 Å². The van der Waals surface area contributed by atoms with E-state index in [1.54, 1.807) is 42.5 Å². The first-order chi connectivity index (χ1) is 14.1. The van der Waals surface area contributed by atoms with E-state index in [0.717, 1.165) is 10.2 Å². The lowest BCUT2D eigenvalue weighted by molar-refractivity contribution is 0.306. The summed E-state index contributed by atoms with van der Waals surface area (Å²) in [6.45, 7) is 0.399. The van der Waals surface area contributed by atoms with Gasteiger partial charge in [0.05, 0.1) is 22.1 Å². The van der Waals surface area contributed by atoms with Crippen LogP contribution in [0.1, 0.15) is 11.1 Å². The van der Waals surface area contributed by atoms with Gasteiger partial charge < -0.3 is 9.72 Å². The maximum absolute atomic E-state index is 12.5. The lowest BCUT2D eigenvalue weighted by Gasteiger charge is -2.08. The molecule has 0 bridgehead atoms. The number of aromatic amines is 1. The number of hydrogen-bond donors (Lipinski definition) is 1. The molecule has 0 unspecified atom stereocenters. The number of H-pyrrole nitrogens is 1. The van der Waals surface area contributed by atoms with Crippen LogP contribution in [0, 0.1) is 0 Å². The van der Waals surface area contributed by atoms with E-state index in [0.29, 0.717) is 33.8 Å². The minimum absolute atomic E-state index is 0.381. The van der Waals surface area contributed by atoms with Gasteiger partial charge in [-0.05, 0) is 41.5 Å². The molecule has 0 fully saturated rings. The number of para-hydroxylation sites is 1. The van der Waals surface area contributed by atoms with Gasteiger partial charge in [0.1, 0.15) is 12.4 Å². The Balaban J connectivity index is 1.56. The number of ether oxygens (including phenoxy) is 1. The van der Waals surface area contributed by atoms with Gasteiger partial charge in [-0.3, -0.25) is 4.79 Å². The minimum Gasteiger partial charge on any atom is -0.487 e. The molecule has 6 nitrogen and oxygen atoms in total. The molecule has 7 heteroatoms. The maximum Gasteiger partial charge on any atom is 0.349 e. The minimum atomic E-state index is -0.612. The summed E-state index contributed by atoms with van der Waals surface area (Å²) < 4.78 is 6.53. The Kier molecular flexibility index (Phi) is 5.27. The molecule has 29 heavy (non-hydrogen) atoms. The normalized spacial score (nSPS) is 11.2. The Morgan fingerprint density at radius 3 is 2.55 bits per heavy atom. The fourth-order valence-electron chi connectivity index (χ4n) is 2.83. The maximum atomic E-state index is 12.5. The second-order valence-corrected chi connectivity index (χ2v) is 6.71. The third kappa shape index (κ3) is 4.12. The van der Waals surface area contributed by atoms with Crippen LogP contribution in [0.15, 0.2) is 87.5 Å². The smallest absolute Gasteiger partial charge is 0.349 e. The summed E-state index contributed by atoms with van der Waals surface area (Å²) in [7, 11) is 0. The van der Waals surface area contributed by atoms with Crippen LogP contribution in [-0.2, 0) is 6.61 Å². The molecular weight excluding hydrogens is 390 g/mol. The van der Waals surface area contributed by atoms with E-state index < -0.39 is 11.2 Å². The van der Waals surface area contributed by atoms with Gasteiger partial charge in [-0.15, -0.1) is 4.68 Å². The van der Waals surface area contributed by atoms with Crippen molar-refractivity contribution in [3.05, 3.63) is 110 Å². The summed E-state index contributed by atoms with van der Waals surface area (Å²) in [4.78, 5) is 27.3. The molecule has 0 saturated heterocycles. The van der Waals surface area contributed by atoms with Gasteiger partial charge in [0.25, 0.3) is 5.56 Å². The zero-order valence-corrected chi connectivity index (χ0v) is 16.0. The molecule has 0 aliphatic rings. The van der Waals surface area contributed by atoms with Crippen LogP contribution in [0.3, 0.4) is 0 Å². The summed E-state index contributed by atoms with van der Waals surface area (Å²) in [5.41, 5.74) is 1.02. The van der Waals surface area contributed by atoms with Gasteiger partial charge >= 0.3 is 5.69 Å². The third-order valence-electron chi connectivity index (χ3n) is 4.30. The third-order valence-corrected chi connectivity index (χ3v) is 4.59. The molecule has 1 N–H and O–H groups in total. The van der Waals surface area contributed by atoms with Crippen LogP contribution in [0.5, 0.6) is 5.75 Å². The van der Waals surface area contributed by atoms with Crippen LogP contribution in [0.2, 0.25) is 5.02 Å². The lowest BCUT2D eigenvalue weighted by atomic mass is 10.2. The zero-order valence-electron chi connectivity index (χ0n) is 15.2. The predicted octanol–water partition coefficient (Wildman–Crippen LogP) is 3.80. The van der Waals surface area contributed by atoms with Crippen LogP contribution < -0.4 is 16.0 Å². The highest BCUT2D eigenvalue weighted by molar-refractivity contribution is 6.32. The fourth-order valence-corrected chi connectivity index (χ4v) is 3.08. The molecule has 0 aliphatic heterocycles. The molecule has 0 atom stereocenters. The average Bonchev–Trinajstić information content (AvgIpc) is 2.74. The summed E-state index contributed by atoms with van der Waals surface area (Å²) in [6.07, 6.45) is 1.40. The monoisotopic (exact) mass is 405 g/mol. The first-order valence-corrected chi connectivity index (χ1v) is 9.24. The van der Waals surface area contributed by atoms with E-state index in [2.05, 4.69) is 10.1 Å². The van der Waals surface area contributed by atoms with Crippen molar-refractivity contribution >= 4 is 28.7 Å². The van der Waals surface area contributed by atoms with Crippen LogP contribution >= 0.6 is 11.6 Å². The quantitative estimate of drug-likeness (QED) is 0.513. The molecule has 4 rings (SSSR count). The van der Waals surface area contributed by atoms with E-state index >= 15 is 0 Å². The van der Waals surface area contributed by atoms with Crippen LogP contribution in [0.4, 0.5) is 0 Å². The van der Waals surface area contributed by atoms with Crippen molar-refractivity contribution < 1.29 is 4.74 Å². The van der Waals surface area contributed by atoms with Crippen LogP contribution in [-0.4, -0.2) is 15.9 Å². The number of nitrogens with zero attached hydrogens (tertiary/aromatic N) is 2. The van der Waals surface area contributed by atoms with Crippen molar-refractivity contribution in [1.29, 1.82) is 0 Å². The van der Waals surface area contributed by atoms with Gasteiger partial charge in [0, 0.05) is 0 Å². The molecule has 0 amide bonds. The highest BCUT2D eigenvalue weighted by Gasteiger charge is 2.06. The van der Waals surface area contributed by atoms with Crippen molar-refractivity contribution in [1.82, 2.24) is 9.66 Å². The molecule has 4 aromatic rings. The molecule has 0 aliphatic carbocycles. The van der Waals surface area contributed by atoms with E-state index in [4.69, 9.17) is 16.3 Å². The predicted molar refractivity (Wildman–Crippen MR) is 114 cm³/mol. The van der Waals surface area contributed by atoms with Gasteiger partial charge in [0.15, 0.2) is 0 Å². The van der Waals surface area contributed by atoms with Gasteiger partial charge in [0.2, 0.25) is 0 Å². The van der Waals surface area contributed by atoms with Gasteiger partial charge in [-0.25, -0.2) is 4.79 Å². The molecule has 1 heterocycles. The van der Waals surface area contributed by atoms with E-state index in [1.807, 2.05) is 30.3 Å². The molecule has 0 radical (unpaired) electrons. The number of halogens is 1. The van der Waals surface area contributed by atoms with Crippen molar-refractivity contribution in [2.45, 2.75) is 6.61 Å². The SMILES string of the molecule is O=c1[nH]c2ccccc2c(=O)n1N=Cc1ccc(OCc2ccccc2)c(Cl)c1. The Morgan fingerprint density at radius 1 is 1.00 bits per heavy atom. The molecule has 1 aromatic heterocycles. The standard InChI is InChI=1S/C22H16ClN3O3/c23-18-12-16(10-11-20(18)29-14-15-6-2-1-3-7-15)13-24-26-21(27)17-8-4-5-9-19(17)25-22(26)28/h1-13H,14H2,(H,25,28). The average molecular weight is 406 g/mol. The van der Waals surface area contributed by atoms with Crippen molar-refractivity contribution in [2.24, 2.45) is 5.10 Å². The molecule has 144 valence electrons. The summed E-state index contributed by atoms with van der Waals surface area (Å²) in [5.74, 6) is 0.536. The topological polar surface area (TPSA) is 76.5 Å². The molecule has 0 saturated carbocycles. The highest BCUT2D eigenvalue weighted by Crippen LogP contribution is 2.25. The summed E-state index contributed by atoms with van der Waals surface area (Å²) in [6, 6.07) is 21.7. The first-order valence-electron chi connectivity index (χ1n) is 8.86. The number of nitrogens with one attached hydrogen (secondary N) is 1. The molecule has 0 spiro atoms. The number of hydrogen-bond acceptors (Lipinski definition) is 4. The second-order valence-electron chi connectivity index (χ2n) is 6.30. The Bertz CT molecular complexity index is 1310. The first kappa shape index (κ1) is 18.7. The Labute approximate surface area is 170 Å². The van der Waals surface area contributed by atoms with Gasteiger partial charge in [-0.2, -0.15) is 5.10 Å². The number of fused-ring (bicyclic) bond motifs is 1. The summed E-state index contributed by atoms with van der Waals surface area (Å²) in [5, 5.41) is 4.81. The van der Waals surface area contributed by atoms with Crippen molar-refractivity contribution in [3.63, 3.8) is 0 Å². The largest absolute Gasteiger partial charge is 0.487 e. The van der Waals surface area contributed by atoms with Gasteiger partial charge in [-0.1, -0.05) is 54.1 Å². The fraction of sp³-hybridized carbons (Fsp3) is 0.0455. The van der Waals surface area contributed by atoms with E-state index in [1.165, 1.54) is 6.21 Å². The Hall–Kier alpha value is -3.64. The van der Waals surface area contributed by atoms with Crippen molar-refractivity contribution in [2.75, 3.05) is 0 Å². The zero-order chi connectivity index (χ0) is 20.2.